The van der Waals surface area contributed by atoms with Crippen molar-refractivity contribution in [2.45, 2.75) is 64.8 Å². The maximum Gasteiger partial charge on any atom is 0.325 e. The summed E-state index contributed by atoms with van der Waals surface area (Å²) in [7, 11) is 0. The summed E-state index contributed by atoms with van der Waals surface area (Å²) in [5, 5.41) is 14.9. The van der Waals surface area contributed by atoms with Crippen molar-refractivity contribution in [1.82, 2.24) is 15.5 Å². The van der Waals surface area contributed by atoms with Gasteiger partial charge in [0.25, 0.3) is 0 Å². The van der Waals surface area contributed by atoms with Crippen molar-refractivity contribution in [1.29, 1.82) is 0 Å². The Morgan fingerprint density at radius 2 is 1.62 bits per heavy atom. The zero-order chi connectivity index (χ0) is 31.6. The molecule has 45 heavy (non-hydrogen) atoms. The first-order chi connectivity index (χ1) is 21.9. The third kappa shape index (κ3) is 8.92. The van der Waals surface area contributed by atoms with Gasteiger partial charge in [0.15, 0.2) is 6.29 Å². The molecular formula is C36H45N3O6. The zero-order valence-electron chi connectivity index (χ0n) is 26.2. The summed E-state index contributed by atoms with van der Waals surface area (Å²) in [5.41, 5.74) is 5.86. The lowest BCUT2D eigenvalue weighted by molar-refractivity contribution is -0.276. The Hall–Kier alpha value is -3.76. The third-order valence-electron chi connectivity index (χ3n) is 8.58. The Morgan fingerprint density at radius 1 is 0.889 bits per heavy atom. The third-order valence-corrected chi connectivity index (χ3v) is 8.58. The van der Waals surface area contributed by atoms with Crippen LogP contribution in [0.3, 0.4) is 0 Å². The number of benzene rings is 3. The van der Waals surface area contributed by atoms with Crippen LogP contribution in [0.4, 0.5) is 4.79 Å². The highest BCUT2D eigenvalue weighted by Crippen LogP contribution is 2.42. The lowest BCUT2D eigenvalue weighted by Gasteiger charge is -2.43. The molecule has 2 aliphatic heterocycles. The molecule has 2 aliphatic rings. The van der Waals surface area contributed by atoms with Crippen LogP contribution in [0.5, 0.6) is 0 Å². The molecule has 3 aromatic rings. The molecule has 0 saturated carbocycles. The molecule has 0 aliphatic carbocycles. The molecule has 9 heteroatoms. The van der Waals surface area contributed by atoms with Gasteiger partial charge in [-0.3, -0.25) is 4.79 Å². The van der Waals surface area contributed by atoms with Crippen LogP contribution in [0.25, 0.3) is 11.1 Å². The fourth-order valence-corrected chi connectivity index (χ4v) is 6.06. The first-order valence-corrected chi connectivity index (χ1v) is 16.0. The predicted octanol–water partition coefficient (Wildman–Crippen LogP) is 5.49. The number of aliphatic hydroxyl groups is 1. The highest BCUT2D eigenvalue weighted by molar-refractivity contribution is 5.80. The summed E-state index contributed by atoms with van der Waals surface area (Å²) in [6.45, 7) is 7.42. The van der Waals surface area contributed by atoms with Crippen molar-refractivity contribution >= 4 is 12.0 Å². The lowest BCUT2D eigenvalue weighted by Crippen LogP contribution is -2.45. The van der Waals surface area contributed by atoms with E-state index in [-0.39, 0.29) is 37.9 Å². The Bertz CT molecular complexity index is 1410. The van der Waals surface area contributed by atoms with Gasteiger partial charge in [0, 0.05) is 24.6 Å². The molecule has 9 nitrogen and oxygen atoms in total. The smallest absolute Gasteiger partial charge is 0.325 e. The number of carbonyl (C=O) groups is 2. The van der Waals surface area contributed by atoms with Crippen molar-refractivity contribution < 1.29 is 28.9 Å². The summed E-state index contributed by atoms with van der Waals surface area (Å²) in [6.07, 6.45) is 3.04. The first-order valence-electron chi connectivity index (χ1n) is 16.0. The predicted molar refractivity (Wildman–Crippen MR) is 172 cm³/mol. The second-order valence-corrected chi connectivity index (χ2v) is 11.9. The topological polar surface area (TPSA) is 109 Å². The summed E-state index contributed by atoms with van der Waals surface area (Å²) in [4.78, 5) is 26.2. The van der Waals surface area contributed by atoms with Gasteiger partial charge in [0.1, 0.15) is 6.54 Å². The van der Waals surface area contributed by atoms with E-state index in [4.69, 9.17) is 14.2 Å². The maximum absolute atomic E-state index is 12.2. The van der Waals surface area contributed by atoms with Gasteiger partial charge in [0.05, 0.1) is 25.4 Å². The van der Waals surface area contributed by atoms with Gasteiger partial charge in [-0.05, 0) is 72.8 Å². The van der Waals surface area contributed by atoms with Gasteiger partial charge in [-0.1, -0.05) is 74.0 Å². The maximum atomic E-state index is 12.2. The second-order valence-electron chi connectivity index (χ2n) is 11.9. The number of rotatable bonds is 11. The highest BCUT2D eigenvalue weighted by atomic mass is 16.7. The van der Waals surface area contributed by atoms with E-state index >= 15 is 0 Å². The average Bonchev–Trinajstić information content (AvgIpc) is 3.08. The molecule has 5 rings (SSSR count). The van der Waals surface area contributed by atoms with Crippen LogP contribution < -0.4 is 10.6 Å². The monoisotopic (exact) mass is 615 g/mol. The van der Waals surface area contributed by atoms with Crippen LogP contribution in [0.2, 0.25) is 0 Å². The number of nitrogens with zero attached hydrogens (tertiary/aromatic N) is 1. The van der Waals surface area contributed by atoms with Gasteiger partial charge in [-0.15, -0.1) is 0 Å². The molecule has 3 aromatic carbocycles. The second kappa shape index (κ2) is 16.0. The van der Waals surface area contributed by atoms with E-state index in [1.807, 2.05) is 48.5 Å². The molecule has 0 radical (unpaired) electrons. The summed E-state index contributed by atoms with van der Waals surface area (Å²) in [5.74, 6) is -0.330. The Balaban J connectivity index is 1.31. The molecule has 0 aromatic heterocycles. The SMILES string of the molecule is CCOC(=O)CNC(=O)NCc1cccc(-c2cccc(C3OC(CN4CCCCC4)C(C)C(c4ccc(CO)cc4)O3)c2)c1. The normalized spacial score (nSPS) is 22.0. The highest BCUT2D eigenvalue weighted by Gasteiger charge is 2.39. The zero-order valence-corrected chi connectivity index (χ0v) is 26.2. The quantitative estimate of drug-likeness (QED) is 0.245. The molecule has 240 valence electrons. The Labute approximate surface area is 265 Å². The van der Waals surface area contributed by atoms with Crippen LogP contribution in [0, 0.1) is 5.92 Å². The van der Waals surface area contributed by atoms with E-state index in [1.165, 1.54) is 19.3 Å². The van der Waals surface area contributed by atoms with Gasteiger partial charge in [0.2, 0.25) is 0 Å². The van der Waals surface area contributed by atoms with Gasteiger partial charge in [-0.25, -0.2) is 4.79 Å². The number of hydrogen-bond acceptors (Lipinski definition) is 7. The van der Waals surface area contributed by atoms with Gasteiger partial charge < -0.3 is 34.9 Å². The van der Waals surface area contributed by atoms with E-state index in [0.717, 1.165) is 53.0 Å². The van der Waals surface area contributed by atoms with Crippen LogP contribution in [0.15, 0.2) is 72.8 Å². The van der Waals surface area contributed by atoms with Crippen molar-refractivity contribution in [3.63, 3.8) is 0 Å². The number of carbonyl (C=O) groups excluding carboxylic acids is 2. The number of likely N-dealkylation sites (tertiary alicyclic amines) is 1. The number of piperidine rings is 1. The van der Waals surface area contributed by atoms with Crippen LogP contribution >= 0.6 is 0 Å². The van der Waals surface area contributed by atoms with Crippen LogP contribution in [0.1, 0.15) is 67.8 Å². The number of aliphatic hydroxyl groups excluding tert-OH is 1. The Morgan fingerprint density at radius 3 is 2.36 bits per heavy atom. The van der Waals surface area contributed by atoms with Gasteiger partial charge in [-0.2, -0.15) is 0 Å². The van der Waals surface area contributed by atoms with Crippen LogP contribution in [-0.2, 0) is 32.2 Å². The molecule has 4 unspecified atom stereocenters. The minimum Gasteiger partial charge on any atom is -0.465 e. The standard InChI is InChI=1S/C36H45N3O6/c1-3-43-33(41)22-38-36(42)37-21-27-9-7-10-29(19-27)30-11-8-12-31(20-30)35-44-32(23-39-17-5-4-6-18-39)25(2)34(45-35)28-15-13-26(24-40)14-16-28/h7-16,19-20,25,32,34-35,40H,3-6,17-18,21-24H2,1-2H3,(H2,37,38,42). The van der Waals surface area contributed by atoms with E-state index in [1.54, 1.807) is 6.92 Å². The summed E-state index contributed by atoms with van der Waals surface area (Å²) >= 11 is 0. The molecule has 4 atom stereocenters. The Kier molecular flexibility index (Phi) is 11.6. The molecule has 2 amide bonds. The lowest BCUT2D eigenvalue weighted by atomic mass is 9.89. The molecule has 0 spiro atoms. The van der Waals surface area contributed by atoms with Crippen molar-refractivity contribution in [2.75, 3.05) is 32.8 Å². The van der Waals surface area contributed by atoms with E-state index < -0.39 is 18.3 Å². The largest absolute Gasteiger partial charge is 0.465 e. The molecule has 2 fully saturated rings. The van der Waals surface area contributed by atoms with Crippen molar-refractivity contribution in [3.8, 4) is 11.1 Å². The molecule has 3 N–H and O–H groups in total. The minimum atomic E-state index is -0.536. The van der Waals surface area contributed by atoms with Gasteiger partial charge >= 0.3 is 12.0 Å². The number of nitrogens with one attached hydrogen (secondary N) is 2. The number of ether oxygens (including phenoxy) is 3. The molecule has 2 heterocycles. The summed E-state index contributed by atoms with van der Waals surface area (Å²) in [6, 6.07) is 23.8. The number of amides is 2. The summed E-state index contributed by atoms with van der Waals surface area (Å²) < 4.78 is 18.3. The molecule has 2 saturated heterocycles. The number of urea groups is 1. The average molecular weight is 616 g/mol. The number of esters is 1. The fraction of sp³-hybridized carbons (Fsp3) is 0.444. The number of hydrogen-bond donors (Lipinski definition) is 3. The van der Waals surface area contributed by atoms with E-state index in [0.29, 0.717) is 6.54 Å². The van der Waals surface area contributed by atoms with Crippen molar-refractivity contribution in [3.05, 3.63) is 95.1 Å². The fourth-order valence-electron chi connectivity index (χ4n) is 6.06. The van der Waals surface area contributed by atoms with E-state index in [9.17, 15) is 14.7 Å². The molecular weight excluding hydrogens is 570 g/mol. The van der Waals surface area contributed by atoms with Crippen molar-refractivity contribution in [2.24, 2.45) is 5.92 Å². The van der Waals surface area contributed by atoms with Crippen LogP contribution in [-0.4, -0.2) is 60.9 Å². The minimum absolute atomic E-state index is 0.00241. The molecule has 0 bridgehead atoms. The van der Waals surface area contributed by atoms with E-state index in [2.05, 4.69) is 46.7 Å². The first kappa shape index (κ1) is 32.6.